The molecule has 0 spiro atoms. The summed E-state index contributed by atoms with van der Waals surface area (Å²) in [5.74, 6) is -0.134. The minimum atomic E-state index is -0.460. The molecule has 3 rings (SSSR count). The normalized spacial score (nSPS) is 11.0. The predicted octanol–water partition coefficient (Wildman–Crippen LogP) is 2.27. The summed E-state index contributed by atoms with van der Waals surface area (Å²) < 4.78 is 8.49. The third-order valence-electron chi connectivity index (χ3n) is 4.27. The molecule has 0 aliphatic carbocycles. The molecule has 29 heavy (non-hydrogen) atoms. The Morgan fingerprint density at radius 1 is 1.21 bits per heavy atom. The van der Waals surface area contributed by atoms with Crippen molar-refractivity contribution in [2.75, 3.05) is 18.2 Å². The maximum absolute atomic E-state index is 12.8. The van der Waals surface area contributed by atoms with Crippen molar-refractivity contribution in [3.05, 3.63) is 61.3 Å². The van der Waals surface area contributed by atoms with E-state index in [0.29, 0.717) is 21.5 Å². The number of benzene rings is 1. The maximum atomic E-state index is 12.8. The molecule has 0 saturated carbocycles. The second-order valence-corrected chi connectivity index (χ2v) is 8.19. The molecular formula is C19H19BrN4O4S. The van der Waals surface area contributed by atoms with Gasteiger partial charge in [0.2, 0.25) is 5.91 Å². The lowest BCUT2D eigenvalue weighted by Crippen LogP contribution is -2.37. The van der Waals surface area contributed by atoms with Crippen LogP contribution in [0.25, 0.3) is 11.0 Å². The van der Waals surface area contributed by atoms with E-state index in [0.717, 1.165) is 9.04 Å². The molecule has 1 N–H and O–H groups in total. The van der Waals surface area contributed by atoms with Crippen LogP contribution in [-0.2, 0) is 30.2 Å². The molecule has 0 aliphatic heterocycles. The van der Waals surface area contributed by atoms with Gasteiger partial charge < -0.3 is 10.1 Å². The van der Waals surface area contributed by atoms with Gasteiger partial charge >= 0.3 is 5.69 Å². The fraction of sp³-hybridized carbons (Fsp3) is 0.263. The highest BCUT2D eigenvalue weighted by molar-refractivity contribution is 9.10. The highest BCUT2D eigenvalue weighted by Crippen LogP contribution is 2.28. The number of pyridine rings is 1. The van der Waals surface area contributed by atoms with E-state index in [9.17, 15) is 14.4 Å². The third kappa shape index (κ3) is 4.44. The number of aromatic nitrogens is 3. The Morgan fingerprint density at radius 2 is 1.90 bits per heavy atom. The van der Waals surface area contributed by atoms with Crippen LogP contribution in [0.2, 0.25) is 0 Å². The molecule has 0 saturated heterocycles. The Kier molecular flexibility index (Phi) is 6.56. The van der Waals surface area contributed by atoms with E-state index in [1.807, 2.05) is 12.1 Å². The molecule has 0 radical (unpaired) electrons. The number of halogens is 1. The largest absolute Gasteiger partial charge is 0.380 e. The molecule has 2 heterocycles. The van der Waals surface area contributed by atoms with Crippen LogP contribution < -0.4 is 16.6 Å². The van der Waals surface area contributed by atoms with Crippen molar-refractivity contribution in [1.82, 2.24) is 14.1 Å². The lowest BCUT2D eigenvalue weighted by molar-refractivity contribution is -0.113. The van der Waals surface area contributed by atoms with Crippen LogP contribution in [0.5, 0.6) is 0 Å². The molecule has 152 valence electrons. The van der Waals surface area contributed by atoms with Crippen LogP contribution in [0.15, 0.2) is 49.4 Å². The quantitative estimate of drug-likeness (QED) is 0.546. The third-order valence-corrected chi connectivity index (χ3v) is 5.96. The standard InChI is InChI=1S/C19H19BrN4O4S/c1-23-17-15(18(26)24(2)19(23)27)16(11(8-21-17)9-28-3)29-10-14(25)22-13-6-4-12(20)5-7-13/h4-8H,9-10H2,1-3H3,(H,22,25). The van der Waals surface area contributed by atoms with Gasteiger partial charge in [-0.25, -0.2) is 9.78 Å². The number of amides is 1. The van der Waals surface area contributed by atoms with E-state index in [1.165, 1.54) is 30.5 Å². The van der Waals surface area contributed by atoms with Crippen molar-refractivity contribution in [2.24, 2.45) is 14.1 Å². The molecule has 0 fully saturated rings. The van der Waals surface area contributed by atoms with Crippen LogP contribution in [0.4, 0.5) is 5.69 Å². The first-order valence-electron chi connectivity index (χ1n) is 8.58. The minimum absolute atomic E-state index is 0.0812. The number of carbonyl (C=O) groups excluding carboxylic acids is 1. The molecular weight excluding hydrogens is 460 g/mol. The van der Waals surface area contributed by atoms with Crippen LogP contribution in [0.1, 0.15) is 5.56 Å². The Bertz CT molecular complexity index is 1190. The van der Waals surface area contributed by atoms with Crippen LogP contribution >= 0.6 is 27.7 Å². The summed E-state index contributed by atoms with van der Waals surface area (Å²) >= 11 is 4.57. The van der Waals surface area contributed by atoms with Crippen molar-refractivity contribution >= 4 is 50.3 Å². The highest BCUT2D eigenvalue weighted by Gasteiger charge is 2.18. The van der Waals surface area contributed by atoms with Gasteiger partial charge in [0, 0.05) is 48.0 Å². The number of ether oxygens (including phenoxy) is 1. The molecule has 1 amide bonds. The summed E-state index contributed by atoms with van der Waals surface area (Å²) in [6.07, 6.45) is 1.57. The number of rotatable bonds is 6. The van der Waals surface area contributed by atoms with Crippen LogP contribution in [0.3, 0.4) is 0 Å². The van der Waals surface area contributed by atoms with Crippen molar-refractivity contribution in [2.45, 2.75) is 11.5 Å². The lowest BCUT2D eigenvalue weighted by Gasteiger charge is -2.14. The number of carbonyl (C=O) groups is 1. The fourth-order valence-electron chi connectivity index (χ4n) is 2.83. The van der Waals surface area contributed by atoms with Crippen LogP contribution in [0, 0.1) is 0 Å². The summed E-state index contributed by atoms with van der Waals surface area (Å²) in [4.78, 5) is 42.3. The Balaban J connectivity index is 1.97. The van der Waals surface area contributed by atoms with Gasteiger partial charge in [0.15, 0.2) is 0 Å². The van der Waals surface area contributed by atoms with E-state index < -0.39 is 11.2 Å². The zero-order chi connectivity index (χ0) is 21.1. The topological polar surface area (TPSA) is 95.2 Å². The number of hydrogen-bond donors (Lipinski definition) is 1. The molecule has 0 atom stereocenters. The molecule has 1 aromatic carbocycles. The Labute approximate surface area is 179 Å². The minimum Gasteiger partial charge on any atom is -0.380 e. The van der Waals surface area contributed by atoms with Gasteiger partial charge in [-0.05, 0) is 24.3 Å². The number of anilines is 1. The molecule has 8 nitrogen and oxygen atoms in total. The number of thioether (sulfide) groups is 1. The van der Waals surface area contributed by atoms with Gasteiger partial charge in [-0.15, -0.1) is 11.8 Å². The summed E-state index contributed by atoms with van der Waals surface area (Å²) in [5, 5.41) is 3.12. The molecule has 0 bridgehead atoms. The van der Waals surface area contributed by atoms with Gasteiger partial charge in [-0.3, -0.25) is 18.7 Å². The first kappa shape index (κ1) is 21.3. The zero-order valence-corrected chi connectivity index (χ0v) is 18.5. The number of fused-ring (bicyclic) bond motifs is 1. The average Bonchev–Trinajstić information content (AvgIpc) is 2.71. The lowest BCUT2D eigenvalue weighted by atomic mass is 10.2. The number of nitrogens with one attached hydrogen (secondary N) is 1. The zero-order valence-electron chi connectivity index (χ0n) is 16.1. The predicted molar refractivity (Wildman–Crippen MR) is 116 cm³/mol. The Morgan fingerprint density at radius 3 is 2.55 bits per heavy atom. The smallest absolute Gasteiger partial charge is 0.332 e. The van der Waals surface area contributed by atoms with E-state index in [1.54, 1.807) is 25.4 Å². The summed E-state index contributed by atoms with van der Waals surface area (Å²) in [6.45, 7) is 0.228. The highest BCUT2D eigenvalue weighted by atomic mass is 79.9. The van der Waals surface area contributed by atoms with Crippen molar-refractivity contribution < 1.29 is 9.53 Å². The van der Waals surface area contributed by atoms with Gasteiger partial charge in [0.25, 0.3) is 5.56 Å². The van der Waals surface area contributed by atoms with E-state index in [-0.39, 0.29) is 23.9 Å². The number of aryl methyl sites for hydroxylation is 1. The van der Waals surface area contributed by atoms with Gasteiger partial charge in [0.1, 0.15) is 5.65 Å². The first-order valence-corrected chi connectivity index (χ1v) is 10.4. The molecule has 0 unspecified atom stereocenters. The second kappa shape index (κ2) is 8.93. The first-order chi connectivity index (χ1) is 13.8. The summed E-state index contributed by atoms with van der Waals surface area (Å²) in [5.41, 5.74) is 0.711. The van der Waals surface area contributed by atoms with E-state index in [2.05, 4.69) is 26.2 Å². The summed E-state index contributed by atoms with van der Waals surface area (Å²) in [7, 11) is 4.52. The Hall–Kier alpha value is -2.43. The molecule has 2 aromatic heterocycles. The van der Waals surface area contributed by atoms with E-state index >= 15 is 0 Å². The molecule has 10 heteroatoms. The molecule has 3 aromatic rings. The van der Waals surface area contributed by atoms with Crippen molar-refractivity contribution in [1.29, 1.82) is 0 Å². The summed E-state index contributed by atoms with van der Waals surface area (Å²) in [6, 6.07) is 7.24. The van der Waals surface area contributed by atoms with Gasteiger partial charge in [-0.2, -0.15) is 0 Å². The SMILES string of the molecule is COCc1cnc2c(c1SCC(=O)Nc1ccc(Br)cc1)c(=O)n(C)c(=O)n2C. The number of methoxy groups -OCH3 is 1. The van der Waals surface area contributed by atoms with E-state index in [4.69, 9.17) is 4.74 Å². The number of hydrogen-bond acceptors (Lipinski definition) is 6. The average molecular weight is 479 g/mol. The van der Waals surface area contributed by atoms with Gasteiger partial charge in [-0.1, -0.05) is 15.9 Å². The number of nitrogens with zero attached hydrogens (tertiary/aromatic N) is 3. The monoisotopic (exact) mass is 478 g/mol. The van der Waals surface area contributed by atoms with Crippen molar-refractivity contribution in [3.63, 3.8) is 0 Å². The van der Waals surface area contributed by atoms with Crippen molar-refractivity contribution in [3.8, 4) is 0 Å². The fourth-order valence-corrected chi connectivity index (χ4v) is 4.06. The van der Waals surface area contributed by atoms with Gasteiger partial charge in [0.05, 0.1) is 17.7 Å². The second-order valence-electron chi connectivity index (χ2n) is 6.29. The molecule has 0 aliphatic rings. The maximum Gasteiger partial charge on any atom is 0.332 e. The van der Waals surface area contributed by atoms with Crippen LogP contribution in [-0.4, -0.2) is 32.9 Å².